The zero-order chi connectivity index (χ0) is 18.4. The zero-order valence-corrected chi connectivity index (χ0v) is 15.5. The van der Waals surface area contributed by atoms with E-state index in [2.05, 4.69) is 10.2 Å². The minimum Gasteiger partial charge on any atom is -0.488 e. The van der Waals surface area contributed by atoms with Crippen molar-refractivity contribution < 1.29 is 14.3 Å². The molecule has 1 amide bonds. The van der Waals surface area contributed by atoms with E-state index >= 15 is 0 Å². The number of carbonyl (C=O) groups is 1. The van der Waals surface area contributed by atoms with E-state index in [1.165, 1.54) is 0 Å². The van der Waals surface area contributed by atoms with Crippen LogP contribution < -0.4 is 10.1 Å². The smallest absolute Gasteiger partial charge is 0.408 e. The molecule has 132 valence electrons. The van der Waals surface area contributed by atoms with Crippen LogP contribution in [0.4, 0.5) is 4.79 Å². The van der Waals surface area contributed by atoms with Gasteiger partial charge in [-0.3, -0.25) is 0 Å². The number of nitrogens with zero attached hydrogens (tertiary/aromatic N) is 1. The second kappa shape index (κ2) is 8.05. The van der Waals surface area contributed by atoms with E-state index in [4.69, 9.17) is 16.0 Å². The van der Waals surface area contributed by atoms with Gasteiger partial charge in [0.15, 0.2) is 0 Å². The predicted octanol–water partition coefficient (Wildman–Crippen LogP) is 4.22. The van der Waals surface area contributed by atoms with E-state index in [0.29, 0.717) is 6.42 Å². The minimum absolute atomic E-state index is 0.208. The fraction of sp³-hybridized carbons (Fsp3) is 0.579. The third kappa shape index (κ3) is 8.42. The van der Waals surface area contributed by atoms with Crippen LogP contribution in [0.15, 0.2) is 24.3 Å². The number of benzene rings is 1. The predicted molar refractivity (Wildman–Crippen MR) is 95.2 cm³/mol. The van der Waals surface area contributed by atoms with Gasteiger partial charge in [0.05, 0.1) is 0 Å². The average molecular weight is 332 g/mol. The molecule has 0 spiro atoms. The summed E-state index contributed by atoms with van der Waals surface area (Å²) in [5, 5.41) is 2.77. The third-order valence-corrected chi connectivity index (χ3v) is 2.86. The maximum Gasteiger partial charge on any atom is 0.408 e. The lowest BCUT2D eigenvalue weighted by molar-refractivity contribution is 0.0507. The Morgan fingerprint density at radius 2 is 1.71 bits per heavy atom. The lowest BCUT2D eigenvalue weighted by Crippen LogP contribution is -2.41. The second-order valence-electron chi connectivity index (χ2n) is 7.75. The van der Waals surface area contributed by atoms with Crippen LogP contribution in [-0.2, 0) is 11.2 Å². The maximum absolute atomic E-state index is 11.9. The molecule has 0 fully saturated rings. The molecule has 0 aliphatic heterocycles. The molecule has 1 rings (SSSR count). The monoisotopic (exact) mass is 332 g/mol. The molecule has 1 N–H and O–H groups in total. The lowest BCUT2D eigenvalue weighted by atomic mass is 10.1. The number of ether oxygens (including phenoxy) is 2. The van der Waals surface area contributed by atoms with Gasteiger partial charge in [-0.05, 0) is 59.2 Å². The Labute approximate surface area is 145 Å². The van der Waals surface area contributed by atoms with E-state index in [-0.39, 0.29) is 18.2 Å². The Balaban J connectivity index is 2.68. The van der Waals surface area contributed by atoms with Gasteiger partial charge in [-0.2, -0.15) is 0 Å². The van der Waals surface area contributed by atoms with Crippen LogP contribution in [0, 0.1) is 6.57 Å². The van der Waals surface area contributed by atoms with Gasteiger partial charge in [-0.25, -0.2) is 11.4 Å². The summed E-state index contributed by atoms with van der Waals surface area (Å²) in [6, 6.07) is 7.43. The summed E-state index contributed by atoms with van der Waals surface area (Å²) in [6.07, 6.45) is 0.0704. The van der Waals surface area contributed by atoms with Crippen LogP contribution in [0.5, 0.6) is 5.75 Å². The van der Waals surface area contributed by atoms with Gasteiger partial charge in [0.1, 0.15) is 23.0 Å². The van der Waals surface area contributed by atoms with Crippen molar-refractivity contribution in [3.05, 3.63) is 41.2 Å². The Bertz CT molecular complexity index is 575. The van der Waals surface area contributed by atoms with Crippen molar-refractivity contribution in [3.8, 4) is 5.75 Å². The molecule has 0 aliphatic carbocycles. The highest BCUT2D eigenvalue weighted by Crippen LogP contribution is 2.19. The molecule has 0 saturated carbocycles. The van der Waals surface area contributed by atoms with Crippen LogP contribution in [-0.4, -0.2) is 29.9 Å². The van der Waals surface area contributed by atoms with Gasteiger partial charge in [0.2, 0.25) is 6.54 Å². The molecule has 1 aromatic rings. The SMILES string of the molecule is [C-]#[N+]C[C@H](Cc1ccc(OC(C)(C)C)cc1)NC(=O)OC(C)(C)C. The summed E-state index contributed by atoms with van der Waals surface area (Å²) in [7, 11) is 0. The number of carbonyl (C=O) groups excluding carboxylic acids is 1. The largest absolute Gasteiger partial charge is 0.488 e. The molecule has 1 aromatic carbocycles. The zero-order valence-electron chi connectivity index (χ0n) is 15.5. The van der Waals surface area contributed by atoms with E-state index in [9.17, 15) is 4.79 Å². The molecule has 0 saturated heterocycles. The Kier molecular flexibility index (Phi) is 6.65. The Hall–Kier alpha value is -2.22. The molecule has 24 heavy (non-hydrogen) atoms. The standard InChI is InChI=1S/C19H28N2O3/c1-18(2,3)23-16-10-8-14(9-11-16)12-15(13-20-7)21-17(22)24-19(4,5)6/h8-11,15H,12-13H2,1-6H3,(H,21,22)/t15-/m0/s1. The van der Waals surface area contributed by atoms with E-state index in [1.807, 2.05) is 65.8 Å². The first-order valence-electron chi connectivity index (χ1n) is 8.09. The summed E-state index contributed by atoms with van der Waals surface area (Å²) in [6.45, 7) is 18.7. The Morgan fingerprint density at radius 1 is 1.12 bits per heavy atom. The first-order chi connectivity index (χ1) is 11.0. The topological polar surface area (TPSA) is 51.9 Å². The molecule has 0 unspecified atom stereocenters. The van der Waals surface area contributed by atoms with Crippen LogP contribution in [0.25, 0.3) is 4.85 Å². The number of alkyl carbamates (subject to hydrolysis) is 1. The van der Waals surface area contributed by atoms with Crippen molar-refractivity contribution in [2.45, 2.75) is 65.2 Å². The van der Waals surface area contributed by atoms with E-state index in [1.54, 1.807) is 0 Å². The third-order valence-electron chi connectivity index (χ3n) is 2.86. The highest BCUT2D eigenvalue weighted by atomic mass is 16.6. The quantitative estimate of drug-likeness (QED) is 0.821. The summed E-state index contributed by atoms with van der Waals surface area (Å²) in [5.41, 5.74) is 0.228. The molecule has 0 heterocycles. The molecule has 0 aliphatic rings. The van der Waals surface area contributed by atoms with Crippen molar-refractivity contribution in [2.24, 2.45) is 0 Å². The van der Waals surface area contributed by atoms with Crippen molar-refractivity contribution in [2.75, 3.05) is 6.54 Å². The Morgan fingerprint density at radius 3 is 2.17 bits per heavy atom. The van der Waals surface area contributed by atoms with Crippen LogP contribution in [0.2, 0.25) is 0 Å². The number of amides is 1. The molecule has 5 heteroatoms. The highest BCUT2D eigenvalue weighted by Gasteiger charge is 2.21. The van der Waals surface area contributed by atoms with E-state index < -0.39 is 11.7 Å². The van der Waals surface area contributed by atoms with Crippen LogP contribution in [0.3, 0.4) is 0 Å². The fourth-order valence-corrected chi connectivity index (χ4v) is 2.08. The first-order valence-corrected chi connectivity index (χ1v) is 8.09. The lowest BCUT2D eigenvalue weighted by Gasteiger charge is -2.22. The minimum atomic E-state index is -0.557. The number of hydrogen-bond donors (Lipinski definition) is 1. The normalized spacial score (nSPS) is 12.9. The number of hydrogen-bond acceptors (Lipinski definition) is 3. The molecule has 0 radical (unpaired) electrons. The van der Waals surface area contributed by atoms with Gasteiger partial charge in [0, 0.05) is 6.42 Å². The highest BCUT2D eigenvalue weighted by molar-refractivity contribution is 5.68. The first kappa shape index (κ1) is 19.8. The summed E-state index contributed by atoms with van der Waals surface area (Å²) in [5.74, 6) is 0.799. The number of rotatable bonds is 5. The van der Waals surface area contributed by atoms with Crippen molar-refractivity contribution in [1.82, 2.24) is 5.32 Å². The van der Waals surface area contributed by atoms with Crippen molar-refractivity contribution in [1.29, 1.82) is 0 Å². The van der Waals surface area contributed by atoms with Gasteiger partial charge in [-0.15, -0.1) is 0 Å². The van der Waals surface area contributed by atoms with Crippen molar-refractivity contribution >= 4 is 6.09 Å². The molecule has 0 bridgehead atoms. The summed E-state index contributed by atoms with van der Waals surface area (Å²) >= 11 is 0. The van der Waals surface area contributed by atoms with Gasteiger partial charge in [-0.1, -0.05) is 12.1 Å². The fourth-order valence-electron chi connectivity index (χ4n) is 2.08. The van der Waals surface area contributed by atoms with Gasteiger partial charge >= 0.3 is 6.09 Å². The van der Waals surface area contributed by atoms with Gasteiger partial charge < -0.3 is 19.6 Å². The molecule has 1 atom stereocenters. The molecule has 5 nitrogen and oxygen atoms in total. The van der Waals surface area contributed by atoms with Crippen LogP contribution >= 0.6 is 0 Å². The molecular formula is C19H28N2O3. The number of nitrogens with one attached hydrogen (secondary N) is 1. The summed E-state index contributed by atoms with van der Waals surface area (Å²) < 4.78 is 11.0. The van der Waals surface area contributed by atoms with Gasteiger partial charge in [0.25, 0.3) is 0 Å². The van der Waals surface area contributed by atoms with Crippen LogP contribution in [0.1, 0.15) is 47.1 Å². The van der Waals surface area contributed by atoms with Crippen molar-refractivity contribution in [3.63, 3.8) is 0 Å². The molecular weight excluding hydrogens is 304 g/mol. The average Bonchev–Trinajstić information content (AvgIpc) is 2.37. The summed E-state index contributed by atoms with van der Waals surface area (Å²) in [4.78, 5) is 15.3. The molecule has 0 aromatic heterocycles. The second-order valence-corrected chi connectivity index (χ2v) is 7.75. The van der Waals surface area contributed by atoms with E-state index in [0.717, 1.165) is 11.3 Å². The maximum atomic E-state index is 11.9.